The normalized spacial score (nSPS) is 13.6. The predicted octanol–water partition coefficient (Wildman–Crippen LogP) is 5.37. The van der Waals surface area contributed by atoms with Crippen LogP contribution in [-0.2, 0) is 0 Å². The number of rotatable bonds is 3. The summed E-state index contributed by atoms with van der Waals surface area (Å²) in [6.07, 6.45) is 2.36. The smallest absolute Gasteiger partial charge is 0.258 e. The molecule has 0 unspecified atom stereocenters. The Morgan fingerprint density at radius 3 is 2.42 bits per heavy atom. The Hall–Kier alpha value is -1.53. The average Bonchev–Trinajstić information content (AvgIpc) is 3.11. The Balaban J connectivity index is 1.65. The molecule has 2 N–H and O–H groups in total. The van der Waals surface area contributed by atoms with E-state index in [0.717, 1.165) is 18.8 Å². The van der Waals surface area contributed by atoms with E-state index in [1.54, 1.807) is 18.2 Å². The Morgan fingerprint density at radius 2 is 1.73 bits per heavy atom. The van der Waals surface area contributed by atoms with Crippen LogP contribution in [0.1, 0.15) is 23.2 Å². The summed E-state index contributed by atoms with van der Waals surface area (Å²) < 4.78 is 0. The van der Waals surface area contributed by atoms with E-state index in [-0.39, 0.29) is 10.7 Å². The molecule has 2 aromatic rings. The summed E-state index contributed by atoms with van der Waals surface area (Å²) in [5, 5.41) is 7.05. The highest BCUT2D eigenvalue weighted by atomic mass is 35.5. The number of halogens is 3. The van der Waals surface area contributed by atoms with Gasteiger partial charge in [0.05, 0.1) is 21.3 Å². The molecule has 0 bridgehead atoms. The number of carbonyl (C=O) groups is 1. The highest BCUT2D eigenvalue weighted by Crippen LogP contribution is 2.31. The Bertz CT molecular complexity index is 854. The standard InChI is InChI=1S/C18H16Cl3N3OS/c19-11-3-5-14(20)13(9-11)17(25)23-18(26)22-12-4-6-16(15(21)10-12)24-7-1-2-8-24/h3-6,9-10H,1-2,7-8H2,(H2,22,23,25,26). The molecular formula is C18H16Cl3N3OS. The highest BCUT2D eigenvalue weighted by molar-refractivity contribution is 7.80. The van der Waals surface area contributed by atoms with E-state index in [9.17, 15) is 4.79 Å². The lowest BCUT2D eigenvalue weighted by molar-refractivity contribution is 0.0978. The molecular weight excluding hydrogens is 413 g/mol. The minimum atomic E-state index is -0.435. The molecule has 1 amide bonds. The van der Waals surface area contributed by atoms with Crippen LogP contribution in [0.5, 0.6) is 0 Å². The number of nitrogens with one attached hydrogen (secondary N) is 2. The van der Waals surface area contributed by atoms with E-state index >= 15 is 0 Å². The minimum Gasteiger partial charge on any atom is -0.370 e. The van der Waals surface area contributed by atoms with Crippen LogP contribution in [0.3, 0.4) is 0 Å². The van der Waals surface area contributed by atoms with E-state index in [0.29, 0.717) is 20.8 Å². The van der Waals surface area contributed by atoms with Crippen molar-refractivity contribution in [3.8, 4) is 0 Å². The molecule has 0 spiro atoms. The van der Waals surface area contributed by atoms with Gasteiger partial charge in [0.1, 0.15) is 0 Å². The maximum absolute atomic E-state index is 12.3. The molecule has 8 heteroatoms. The quantitative estimate of drug-likeness (QED) is 0.645. The van der Waals surface area contributed by atoms with Crippen LogP contribution < -0.4 is 15.5 Å². The average molecular weight is 429 g/mol. The SMILES string of the molecule is O=C(NC(=S)Nc1ccc(N2CCCC2)c(Cl)c1)c1cc(Cl)ccc1Cl. The van der Waals surface area contributed by atoms with E-state index in [4.69, 9.17) is 47.0 Å². The molecule has 4 nitrogen and oxygen atoms in total. The molecule has 0 aromatic heterocycles. The summed E-state index contributed by atoms with van der Waals surface area (Å²) in [7, 11) is 0. The van der Waals surface area contributed by atoms with Gasteiger partial charge in [-0.2, -0.15) is 0 Å². The van der Waals surface area contributed by atoms with Gasteiger partial charge in [-0.05, 0) is 61.5 Å². The minimum absolute atomic E-state index is 0.149. The fraction of sp³-hybridized carbons (Fsp3) is 0.222. The molecule has 2 aromatic carbocycles. The van der Waals surface area contributed by atoms with E-state index < -0.39 is 5.91 Å². The monoisotopic (exact) mass is 427 g/mol. The fourth-order valence-electron chi connectivity index (χ4n) is 2.80. The van der Waals surface area contributed by atoms with Crippen LogP contribution in [0, 0.1) is 0 Å². The summed E-state index contributed by atoms with van der Waals surface area (Å²) in [5.74, 6) is -0.435. The number of nitrogens with zero attached hydrogens (tertiary/aromatic N) is 1. The van der Waals surface area contributed by atoms with Gasteiger partial charge in [-0.1, -0.05) is 34.8 Å². The van der Waals surface area contributed by atoms with Gasteiger partial charge >= 0.3 is 0 Å². The number of amides is 1. The first-order valence-corrected chi connectivity index (χ1v) is 9.60. The van der Waals surface area contributed by atoms with Crippen molar-refractivity contribution in [1.82, 2.24) is 5.32 Å². The van der Waals surface area contributed by atoms with Gasteiger partial charge in [0.25, 0.3) is 5.91 Å². The summed E-state index contributed by atoms with van der Waals surface area (Å²) in [6.45, 7) is 2.03. The lowest BCUT2D eigenvalue weighted by atomic mass is 10.2. The van der Waals surface area contributed by atoms with E-state index in [2.05, 4.69) is 15.5 Å². The maximum atomic E-state index is 12.3. The predicted molar refractivity (Wildman–Crippen MR) is 113 cm³/mol. The van der Waals surface area contributed by atoms with E-state index in [1.807, 2.05) is 12.1 Å². The van der Waals surface area contributed by atoms with Crippen molar-refractivity contribution < 1.29 is 4.79 Å². The molecule has 1 aliphatic rings. The van der Waals surface area contributed by atoms with Crippen molar-refractivity contribution in [1.29, 1.82) is 0 Å². The summed E-state index contributed by atoms with van der Waals surface area (Å²) in [4.78, 5) is 14.6. The number of carbonyl (C=O) groups excluding carboxylic acids is 1. The lowest BCUT2D eigenvalue weighted by Crippen LogP contribution is -2.34. The van der Waals surface area contributed by atoms with Gasteiger partial charge in [-0.3, -0.25) is 10.1 Å². The topological polar surface area (TPSA) is 44.4 Å². The first-order chi connectivity index (χ1) is 12.4. The molecule has 26 heavy (non-hydrogen) atoms. The van der Waals surface area contributed by atoms with Gasteiger partial charge in [0.15, 0.2) is 5.11 Å². The van der Waals surface area contributed by atoms with Crippen molar-refractivity contribution in [2.75, 3.05) is 23.3 Å². The van der Waals surface area contributed by atoms with Crippen LogP contribution >= 0.6 is 47.0 Å². The lowest BCUT2D eigenvalue weighted by Gasteiger charge is -2.20. The maximum Gasteiger partial charge on any atom is 0.258 e. The summed E-state index contributed by atoms with van der Waals surface area (Å²) >= 11 is 23.5. The molecule has 0 aliphatic carbocycles. The third-order valence-electron chi connectivity index (χ3n) is 4.05. The number of anilines is 2. The third-order valence-corrected chi connectivity index (χ3v) is 5.12. The third kappa shape index (κ3) is 4.60. The summed E-state index contributed by atoms with van der Waals surface area (Å²) in [5.41, 5.74) is 1.96. The Kier molecular flexibility index (Phi) is 6.24. The van der Waals surface area contributed by atoms with Crippen molar-refractivity contribution in [3.05, 3.63) is 57.0 Å². The van der Waals surface area contributed by atoms with Crippen LogP contribution in [0.2, 0.25) is 15.1 Å². The van der Waals surface area contributed by atoms with Crippen molar-refractivity contribution >= 4 is 69.4 Å². The van der Waals surface area contributed by atoms with Crippen molar-refractivity contribution in [2.45, 2.75) is 12.8 Å². The van der Waals surface area contributed by atoms with Gasteiger partial charge in [0, 0.05) is 23.8 Å². The molecule has 0 saturated carbocycles. The second-order valence-corrected chi connectivity index (χ2v) is 7.55. The number of thiocarbonyl (C=S) groups is 1. The van der Waals surface area contributed by atoms with Gasteiger partial charge < -0.3 is 10.2 Å². The number of hydrogen-bond acceptors (Lipinski definition) is 3. The van der Waals surface area contributed by atoms with Gasteiger partial charge in [0.2, 0.25) is 0 Å². The largest absolute Gasteiger partial charge is 0.370 e. The number of hydrogen-bond donors (Lipinski definition) is 2. The molecule has 136 valence electrons. The molecule has 1 fully saturated rings. The fourth-order valence-corrected chi connectivity index (χ4v) is 3.69. The van der Waals surface area contributed by atoms with Crippen molar-refractivity contribution in [2.24, 2.45) is 0 Å². The van der Waals surface area contributed by atoms with Crippen LogP contribution in [-0.4, -0.2) is 24.1 Å². The Labute approximate surface area is 172 Å². The first kappa shape index (κ1) is 19.2. The van der Waals surface area contributed by atoms with Gasteiger partial charge in [-0.25, -0.2) is 0 Å². The molecule has 1 saturated heterocycles. The second kappa shape index (κ2) is 8.44. The van der Waals surface area contributed by atoms with Crippen molar-refractivity contribution in [3.63, 3.8) is 0 Å². The second-order valence-electron chi connectivity index (χ2n) is 5.89. The van der Waals surface area contributed by atoms with Crippen LogP contribution in [0.25, 0.3) is 0 Å². The molecule has 1 heterocycles. The summed E-state index contributed by atoms with van der Waals surface area (Å²) in [6, 6.07) is 10.3. The van der Waals surface area contributed by atoms with E-state index in [1.165, 1.54) is 18.9 Å². The first-order valence-electron chi connectivity index (χ1n) is 8.06. The highest BCUT2D eigenvalue weighted by Gasteiger charge is 2.16. The van der Waals surface area contributed by atoms with Gasteiger partial charge in [-0.15, -0.1) is 0 Å². The molecule has 0 radical (unpaired) electrons. The van der Waals surface area contributed by atoms with Crippen LogP contribution in [0.4, 0.5) is 11.4 Å². The molecule has 0 atom stereocenters. The zero-order valence-corrected chi connectivity index (χ0v) is 16.8. The zero-order chi connectivity index (χ0) is 18.7. The Morgan fingerprint density at radius 1 is 1.00 bits per heavy atom. The number of benzene rings is 2. The molecule has 1 aliphatic heterocycles. The zero-order valence-electron chi connectivity index (χ0n) is 13.7. The molecule has 3 rings (SSSR count). The van der Waals surface area contributed by atoms with Crippen LogP contribution in [0.15, 0.2) is 36.4 Å².